The summed E-state index contributed by atoms with van der Waals surface area (Å²) in [7, 11) is 1.92. The number of aromatic hydroxyl groups is 1. The average molecular weight is 501 g/mol. The van der Waals surface area contributed by atoms with Gasteiger partial charge in [0.2, 0.25) is 0 Å². The number of hydrogen-bond acceptors (Lipinski definition) is 5. The minimum atomic E-state index is -0.387. The maximum Gasteiger partial charge on any atom is 0.165 e. The molecule has 196 valence electrons. The Hall–Kier alpha value is -2.08. The second-order valence-corrected chi connectivity index (χ2v) is 13.4. The lowest BCUT2D eigenvalue weighted by atomic mass is 9.32. The average Bonchev–Trinajstić information content (AvgIpc) is 3.64. The van der Waals surface area contributed by atoms with Crippen molar-refractivity contribution in [2.75, 3.05) is 26.7 Å². The molecule has 7 aliphatic rings. The Morgan fingerprint density at radius 1 is 1.11 bits per heavy atom. The summed E-state index contributed by atoms with van der Waals surface area (Å²) in [5, 5.41) is 14.9. The first-order valence-corrected chi connectivity index (χ1v) is 14.5. The van der Waals surface area contributed by atoms with Crippen molar-refractivity contribution in [3.05, 3.63) is 59.2 Å². The lowest BCUT2D eigenvalue weighted by Gasteiger charge is -2.76. The van der Waals surface area contributed by atoms with E-state index in [-0.39, 0.29) is 27.9 Å². The number of methoxy groups -OCH3 is 1. The molecule has 0 amide bonds. The van der Waals surface area contributed by atoms with E-state index in [0.717, 1.165) is 57.0 Å². The molecule has 5 fully saturated rings. The highest BCUT2D eigenvalue weighted by atomic mass is 16.6. The Morgan fingerprint density at radius 2 is 1.95 bits per heavy atom. The van der Waals surface area contributed by atoms with Crippen molar-refractivity contribution < 1.29 is 14.6 Å². The standard InChI is InChI=1S/C32H40N2O3/c1-29(20-33-17-21-6-4-3-5-7-21)19-30-12-13-32(29,36-2)28-31(30)14-15-34(18-22-8-9-22)25(30)16-23-10-11-24(35)27(37-28)26(23)31/h3-7,10-11,22,25,28,33,35H,8-9,12-20H2,1-2H3/t25-,28-,29-,30-,31+,32?/m1/s1. The SMILES string of the molecule is COC12CC[C@@]3(C[C@]1(C)CNCc1ccccc1)[C@H]1Cc4ccc(O)c5c4[C@@]3(CCN1CC1CC1)[C@H]2O5. The molecule has 6 atom stereocenters. The molecule has 5 nitrogen and oxygen atoms in total. The zero-order valence-electron chi connectivity index (χ0n) is 22.3. The second kappa shape index (κ2) is 7.52. The molecule has 2 aromatic rings. The Balaban J connectivity index is 1.25. The smallest absolute Gasteiger partial charge is 0.165 e. The molecule has 1 unspecified atom stereocenters. The van der Waals surface area contributed by atoms with E-state index in [0.29, 0.717) is 11.8 Å². The number of nitrogens with zero attached hydrogens (tertiary/aromatic N) is 1. The van der Waals surface area contributed by atoms with E-state index in [2.05, 4.69) is 53.5 Å². The van der Waals surface area contributed by atoms with Gasteiger partial charge in [0.15, 0.2) is 11.5 Å². The Labute approximate surface area is 220 Å². The third-order valence-electron chi connectivity index (χ3n) is 11.9. The highest BCUT2D eigenvalue weighted by molar-refractivity contribution is 5.63. The van der Waals surface area contributed by atoms with Gasteiger partial charge in [0, 0.05) is 54.6 Å². The van der Waals surface area contributed by atoms with E-state index in [1.807, 2.05) is 13.2 Å². The van der Waals surface area contributed by atoms with Crippen molar-refractivity contribution in [1.82, 2.24) is 10.2 Å². The highest BCUT2D eigenvalue weighted by Crippen LogP contribution is 2.78. The quantitative estimate of drug-likeness (QED) is 0.572. The van der Waals surface area contributed by atoms with Gasteiger partial charge in [-0.1, -0.05) is 43.3 Å². The largest absolute Gasteiger partial charge is 0.504 e. The fraction of sp³-hybridized carbons (Fsp3) is 0.625. The molecule has 4 saturated carbocycles. The van der Waals surface area contributed by atoms with E-state index in [1.165, 1.54) is 42.5 Å². The van der Waals surface area contributed by atoms with Gasteiger partial charge in [0.25, 0.3) is 0 Å². The van der Waals surface area contributed by atoms with Crippen LogP contribution >= 0.6 is 0 Å². The molecule has 5 heteroatoms. The first-order chi connectivity index (χ1) is 18.0. The Kier molecular flexibility index (Phi) is 4.65. The van der Waals surface area contributed by atoms with E-state index < -0.39 is 0 Å². The Bertz CT molecular complexity index is 1250. The minimum Gasteiger partial charge on any atom is -0.504 e. The fourth-order valence-electron chi connectivity index (χ4n) is 10.3. The van der Waals surface area contributed by atoms with Crippen LogP contribution in [-0.2, 0) is 23.1 Å². The highest BCUT2D eigenvalue weighted by Gasteiger charge is 2.82. The molecule has 5 aliphatic carbocycles. The topological polar surface area (TPSA) is 54.0 Å². The lowest BCUT2D eigenvalue weighted by molar-refractivity contribution is -0.304. The maximum atomic E-state index is 11.0. The van der Waals surface area contributed by atoms with Gasteiger partial charge in [-0.3, -0.25) is 4.90 Å². The van der Waals surface area contributed by atoms with Crippen LogP contribution in [0.25, 0.3) is 0 Å². The van der Waals surface area contributed by atoms with Crippen LogP contribution in [0, 0.1) is 16.7 Å². The number of fused-ring (bicyclic) bond motifs is 2. The summed E-state index contributed by atoms with van der Waals surface area (Å²) in [6.07, 6.45) is 8.31. The van der Waals surface area contributed by atoms with Crippen LogP contribution in [0.2, 0.25) is 0 Å². The molecule has 2 aliphatic heterocycles. The number of nitrogens with one attached hydrogen (secondary N) is 1. The molecule has 2 N–H and O–H groups in total. The predicted octanol–water partition coefficient (Wildman–Crippen LogP) is 4.80. The van der Waals surface area contributed by atoms with Crippen LogP contribution < -0.4 is 10.1 Å². The summed E-state index contributed by atoms with van der Waals surface area (Å²) in [5.41, 5.74) is 3.71. The normalized spacial score (nSPS) is 40.9. The van der Waals surface area contributed by atoms with Crippen LogP contribution in [0.5, 0.6) is 11.5 Å². The van der Waals surface area contributed by atoms with Gasteiger partial charge < -0.3 is 19.9 Å². The van der Waals surface area contributed by atoms with Gasteiger partial charge in [0.05, 0.1) is 0 Å². The van der Waals surface area contributed by atoms with E-state index in [1.54, 1.807) is 0 Å². The molecule has 2 aromatic carbocycles. The van der Waals surface area contributed by atoms with Gasteiger partial charge in [-0.25, -0.2) is 0 Å². The number of phenolic OH excluding ortho intramolecular Hbond substituents is 1. The summed E-state index contributed by atoms with van der Waals surface area (Å²) in [6.45, 7) is 6.62. The Morgan fingerprint density at radius 3 is 2.73 bits per heavy atom. The minimum absolute atomic E-state index is 0.0519. The molecular weight excluding hydrogens is 460 g/mol. The molecule has 0 aromatic heterocycles. The number of rotatable bonds is 7. The third-order valence-corrected chi connectivity index (χ3v) is 11.9. The fourth-order valence-corrected chi connectivity index (χ4v) is 10.3. The van der Waals surface area contributed by atoms with Gasteiger partial charge in [-0.05, 0) is 74.6 Å². The monoisotopic (exact) mass is 500 g/mol. The van der Waals surface area contributed by atoms with Crippen molar-refractivity contribution in [3.63, 3.8) is 0 Å². The molecular formula is C32H40N2O3. The lowest BCUT2D eigenvalue weighted by Crippen LogP contribution is -2.83. The van der Waals surface area contributed by atoms with Gasteiger partial charge in [-0.15, -0.1) is 0 Å². The van der Waals surface area contributed by atoms with Gasteiger partial charge >= 0.3 is 0 Å². The van der Waals surface area contributed by atoms with Crippen LogP contribution in [0.3, 0.4) is 0 Å². The summed E-state index contributed by atoms with van der Waals surface area (Å²) in [4.78, 5) is 2.89. The maximum absolute atomic E-state index is 11.0. The van der Waals surface area contributed by atoms with Crippen molar-refractivity contribution in [2.45, 2.75) is 81.6 Å². The summed E-state index contributed by atoms with van der Waals surface area (Å²) >= 11 is 0. The molecule has 4 bridgehead atoms. The van der Waals surface area contributed by atoms with Gasteiger partial charge in [0.1, 0.15) is 11.7 Å². The number of phenols is 1. The zero-order valence-corrected chi connectivity index (χ0v) is 22.3. The molecule has 2 heterocycles. The van der Waals surface area contributed by atoms with Crippen molar-refractivity contribution in [1.29, 1.82) is 0 Å². The second-order valence-electron chi connectivity index (χ2n) is 13.4. The third kappa shape index (κ3) is 2.71. The van der Waals surface area contributed by atoms with E-state index in [4.69, 9.17) is 9.47 Å². The van der Waals surface area contributed by atoms with Crippen molar-refractivity contribution in [2.24, 2.45) is 16.7 Å². The number of hydrogen-bond donors (Lipinski definition) is 2. The molecule has 37 heavy (non-hydrogen) atoms. The summed E-state index contributed by atoms with van der Waals surface area (Å²) in [6, 6.07) is 15.3. The summed E-state index contributed by atoms with van der Waals surface area (Å²) < 4.78 is 13.7. The van der Waals surface area contributed by atoms with E-state index >= 15 is 0 Å². The summed E-state index contributed by atoms with van der Waals surface area (Å²) in [5.74, 6) is 1.97. The van der Waals surface area contributed by atoms with E-state index in [9.17, 15) is 5.11 Å². The van der Waals surface area contributed by atoms with Crippen LogP contribution in [-0.4, -0.2) is 54.5 Å². The molecule has 2 spiro atoms. The molecule has 9 rings (SSSR count). The van der Waals surface area contributed by atoms with Crippen molar-refractivity contribution in [3.8, 4) is 11.5 Å². The number of piperidine rings is 1. The number of likely N-dealkylation sites (tertiary alicyclic amines) is 1. The molecule has 1 saturated heterocycles. The van der Waals surface area contributed by atoms with Crippen LogP contribution in [0.15, 0.2) is 42.5 Å². The van der Waals surface area contributed by atoms with Crippen LogP contribution in [0.4, 0.5) is 0 Å². The van der Waals surface area contributed by atoms with Crippen LogP contribution in [0.1, 0.15) is 62.1 Å². The molecule has 0 radical (unpaired) electrons. The first-order valence-electron chi connectivity index (χ1n) is 14.5. The predicted molar refractivity (Wildman–Crippen MR) is 143 cm³/mol. The number of ether oxygens (including phenoxy) is 2. The van der Waals surface area contributed by atoms with Crippen molar-refractivity contribution >= 4 is 0 Å². The van der Waals surface area contributed by atoms with Gasteiger partial charge in [-0.2, -0.15) is 0 Å². The first kappa shape index (κ1) is 22.9. The number of benzene rings is 2. The zero-order chi connectivity index (χ0) is 25.0.